The molecule has 0 radical (unpaired) electrons. The lowest BCUT2D eigenvalue weighted by atomic mass is 10.0. The number of benzene rings is 1. The normalized spacial score (nSPS) is 14.8. The Balaban J connectivity index is 1.65. The Morgan fingerprint density at radius 1 is 1.20 bits per heavy atom. The largest absolute Gasteiger partial charge is 0.334 e. The minimum atomic E-state index is -0.239. The molecule has 0 unspecified atom stereocenters. The summed E-state index contributed by atoms with van der Waals surface area (Å²) in [5.74, 6) is 0.498. The molecule has 2 amide bonds. The van der Waals surface area contributed by atoms with E-state index >= 15 is 0 Å². The van der Waals surface area contributed by atoms with Crippen molar-refractivity contribution in [2.75, 3.05) is 0 Å². The van der Waals surface area contributed by atoms with Crippen LogP contribution < -0.4 is 16.2 Å². The zero-order valence-electron chi connectivity index (χ0n) is 15.0. The average molecular weight is 339 g/mol. The van der Waals surface area contributed by atoms with Crippen molar-refractivity contribution in [3.05, 3.63) is 68.6 Å². The first kappa shape index (κ1) is 17.3. The fraction of sp³-hybridized carbons (Fsp3) is 0.400. The lowest BCUT2D eigenvalue weighted by Crippen LogP contribution is -2.39. The van der Waals surface area contributed by atoms with Crippen molar-refractivity contribution in [1.29, 1.82) is 0 Å². The summed E-state index contributed by atoms with van der Waals surface area (Å²) in [5, 5.41) is 5.90. The van der Waals surface area contributed by atoms with E-state index < -0.39 is 0 Å². The van der Waals surface area contributed by atoms with E-state index in [9.17, 15) is 9.59 Å². The Kier molecular flexibility index (Phi) is 4.93. The van der Waals surface area contributed by atoms with Crippen molar-refractivity contribution in [3.63, 3.8) is 0 Å². The average Bonchev–Trinajstić information content (AvgIpc) is 3.37. The van der Waals surface area contributed by atoms with Crippen LogP contribution in [0, 0.1) is 26.7 Å². The Morgan fingerprint density at radius 3 is 2.48 bits per heavy atom. The maximum atomic E-state index is 12.4. The molecule has 1 aromatic carbocycles. The molecule has 5 nitrogen and oxygen atoms in total. The first-order valence-corrected chi connectivity index (χ1v) is 8.74. The maximum Gasteiger partial charge on any atom is 0.315 e. The van der Waals surface area contributed by atoms with Gasteiger partial charge in [0.1, 0.15) is 0 Å². The number of nitrogens with one attached hydrogen (secondary N) is 3. The molecule has 1 aromatic heterocycles. The second kappa shape index (κ2) is 7.13. The summed E-state index contributed by atoms with van der Waals surface area (Å²) in [5.41, 5.74) is 4.50. The van der Waals surface area contributed by atoms with Crippen LogP contribution in [0.4, 0.5) is 4.79 Å². The van der Waals surface area contributed by atoms with E-state index in [0.29, 0.717) is 11.5 Å². The third-order valence-corrected chi connectivity index (χ3v) is 4.74. The number of hydrogen-bond donors (Lipinski definition) is 3. The molecule has 2 aromatic rings. The lowest BCUT2D eigenvalue weighted by molar-refractivity contribution is 0.235. The van der Waals surface area contributed by atoms with Gasteiger partial charge in [-0.3, -0.25) is 4.79 Å². The van der Waals surface area contributed by atoms with Crippen LogP contribution in [0.5, 0.6) is 0 Å². The van der Waals surface area contributed by atoms with E-state index in [4.69, 9.17) is 0 Å². The van der Waals surface area contributed by atoms with Gasteiger partial charge in [-0.2, -0.15) is 0 Å². The molecule has 5 heteroatoms. The second-order valence-corrected chi connectivity index (χ2v) is 7.00. The van der Waals surface area contributed by atoms with Gasteiger partial charge in [-0.25, -0.2) is 4.79 Å². The van der Waals surface area contributed by atoms with Crippen LogP contribution in [0.15, 0.2) is 35.1 Å². The molecule has 1 atom stereocenters. The Hall–Kier alpha value is -2.56. The second-order valence-electron chi connectivity index (χ2n) is 7.00. The number of urea groups is 1. The summed E-state index contributed by atoms with van der Waals surface area (Å²) >= 11 is 0. The van der Waals surface area contributed by atoms with Crippen molar-refractivity contribution in [1.82, 2.24) is 15.6 Å². The molecule has 0 bridgehead atoms. The van der Waals surface area contributed by atoms with Gasteiger partial charge in [-0.1, -0.05) is 29.8 Å². The number of amides is 2. The highest BCUT2D eigenvalue weighted by atomic mass is 16.2. The topological polar surface area (TPSA) is 74.0 Å². The minimum absolute atomic E-state index is 0.0259. The number of carbonyl (C=O) groups is 1. The summed E-state index contributed by atoms with van der Waals surface area (Å²) in [6, 6.07) is 9.99. The standard InChI is InChI=1S/C20H25N3O2/c1-12-4-6-15(7-5-12)18(16-8-9-16)23-20(25)21-11-17-13(2)10-14(3)22-19(17)24/h4-7,10,16,18H,8-9,11H2,1-3H3,(H,22,24)(H2,21,23,25)/t18-/m0/s1. The number of hydrogen-bond acceptors (Lipinski definition) is 2. The third kappa shape index (κ3) is 4.29. The molecule has 132 valence electrons. The van der Waals surface area contributed by atoms with Gasteiger partial charge in [0.05, 0.1) is 12.6 Å². The van der Waals surface area contributed by atoms with Gasteiger partial charge in [-0.15, -0.1) is 0 Å². The fourth-order valence-electron chi connectivity index (χ4n) is 3.14. The molecule has 1 heterocycles. The summed E-state index contributed by atoms with van der Waals surface area (Å²) in [6.45, 7) is 6.01. The van der Waals surface area contributed by atoms with E-state index in [1.165, 1.54) is 5.56 Å². The zero-order chi connectivity index (χ0) is 18.0. The van der Waals surface area contributed by atoms with Gasteiger partial charge in [0.15, 0.2) is 0 Å². The molecule has 1 aliphatic carbocycles. The highest BCUT2D eigenvalue weighted by molar-refractivity contribution is 5.74. The first-order chi connectivity index (χ1) is 11.9. The van der Waals surface area contributed by atoms with E-state index in [1.54, 1.807) is 0 Å². The van der Waals surface area contributed by atoms with E-state index in [0.717, 1.165) is 29.7 Å². The van der Waals surface area contributed by atoms with Crippen LogP contribution in [0.3, 0.4) is 0 Å². The highest BCUT2D eigenvalue weighted by Crippen LogP contribution is 2.40. The van der Waals surface area contributed by atoms with Gasteiger partial charge < -0.3 is 15.6 Å². The van der Waals surface area contributed by atoms with Gasteiger partial charge in [-0.05, 0) is 56.7 Å². The van der Waals surface area contributed by atoms with E-state index in [-0.39, 0.29) is 24.2 Å². The van der Waals surface area contributed by atoms with Crippen LogP contribution in [0.1, 0.15) is 46.8 Å². The smallest absolute Gasteiger partial charge is 0.315 e. The number of carbonyl (C=O) groups excluding carboxylic acids is 1. The van der Waals surface area contributed by atoms with Crippen molar-refractivity contribution in [2.45, 2.75) is 46.2 Å². The van der Waals surface area contributed by atoms with Crippen LogP contribution >= 0.6 is 0 Å². The van der Waals surface area contributed by atoms with Crippen LogP contribution in [0.25, 0.3) is 0 Å². The molecule has 1 aliphatic rings. The van der Waals surface area contributed by atoms with Crippen LogP contribution in [-0.2, 0) is 6.54 Å². The predicted molar refractivity (Wildman–Crippen MR) is 98.6 cm³/mol. The van der Waals surface area contributed by atoms with Gasteiger partial charge in [0.25, 0.3) is 5.56 Å². The molecule has 1 fully saturated rings. The van der Waals surface area contributed by atoms with E-state index in [2.05, 4.69) is 46.8 Å². The van der Waals surface area contributed by atoms with Crippen molar-refractivity contribution < 1.29 is 4.79 Å². The SMILES string of the molecule is Cc1ccc([C@H](NC(=O)NCc2c(C)cc(C)[nH]c2=O)C2CC2)cc1. The molecule has 3 rings (SSSR count). The number of aromatic amines is 1. The molecule has 0 saturated heterocycles. The minimum Gasteiger partial charge on any atom is -0.334 e. The van der Waals surface area contributed by atoms with E-state index in [1.807, 2.05) is 19.9 Å². The van der Waals surface area contributed by atoms with Gasteiger partial charge >= 0.3 is 6.03 Å². The lowest BCUT2D eigenvalue weighted by Gasteiger charge is -2.19. The summed E-state index contributed by atoms with van der Waals surface area (Å²) in [7, 11) is 0. The summed E-state index contributed by atoms with van der Waals surface area (Å²) in [4.78, 5) is 27.2. The summed E-state index contributed by atoms with van der Waals surface area (Å²) < 4.78 is 0. The number of pyridine rings is 1. The fourth-order valence-corrected chi connectivity index (χ4v) is 3.14. The van der Waals surface area contributed by atoms with Crippen molar-refractivity contribution in [3.8, 4) is 0 Å². The predicted octanol–water partition coefficient (Wildman–Crippen LogP) is 3.25. The Morgan fingerprint density at radius 2 is 1.88 bits per heavy atom. The van der Waals surface area contributed by atoms with Crippen molar-refractivity contribution in [2.24, 2.45) is 5.92 Å². The molecule has 0 spiro atoms. The number of rotatable bonds is 5. The monoisotopic (exact) mass is 339 g/mol. The molecular formula is C20H25N3O2. The number of aromatic nitrogens is 1. The molecule has 25 heavy (non-hydrogen) atoms. The summed E-state index contributed by atoms with van der Waals surface area (Å²) in [6.07, 6.45) is 2.27. The molecule has 3 N–H and O–H groups in total. The van der Waals surface area contributed by atoms with Gasteiger partial charge in [0, 0.05) is 11.3 Å². The highest BCUT2D eigenvalue weighted by Gasteiger charge is 2.33. The van der Waals surface area contributed by atoms with Gasteiger partial charge in [0.2, 0.25) is 0 Å². The van der Waals surface area contributed by atoms with Crippen LogP contribution in [-0.4, -0.2) is 11.0 Å². The molecule has 1 saturated carbocycles. The first-order valence-electron chi connectivity index (χ1n) is 8.74. The maximum absolute atomic E-state index is 12.4. The van der Waals surface area contributed by atoms with Crippen molar-refractivity contribution >= 4 is 6.03 Å². The number of H-pyrrole nitrogens is 1. The number of aryl methyl sites for hydroxylation is 3. The third-order valence-electron chi connectivity index (χ3n) is 4.74. The zero-order valence-corrected chi connectivity index (χ0v) is 15.0. The molecule has 0 aliphatic heterocycles. The quantitative estimate of drug-likeness (QED) is 0.782. The molecular weight excluding hydrogens is 314 g/mol. The van der Waals surface area contributed by atoms with Crippen LogP contribution in [0.2, 0.25) is 0 Å². The Bertz CT molecular complexity index is 820. The Labute approximate surface area is 147 Å².